The van der Waals surface area contributed by atoms with Gasteiger partial charge in [-0.2, -0.15) is 0 Å². The van der Waals surface area contributed by atoms with E-state index in [9.17, 15) is 20.4 Å². The molecule has 5 nitrogen and oxygen atoms in total. The Labute approximate surface area is 319 Å². The number of hydrogen-bond donors (Lipinski definition) is 4. The molecule has 4 N–H and O–H groups in total. The lowest BCUT2D eigenvalue weighted by Crippen LogP contribution is -2.43. The molecule has 0 saturated carbocycles. The van der Waals surface area contributed by atoms with Crippen molar-refractivity contribution >= 4 is 0 Å². The Balaban J connectivity index is 3.66. The zero-order valence-corrected chi connectivity index (χ0v) is 34.9. The van der Waals surface area contributed by atoms with Gasteiger partial charge in [0.15, 0.2) is 0 Å². The summed E-state index contributed by atoms with van der Waals surface area (Å²) in [7, 11) is 0. The molecule has 0 rings (SSSR count). The summed E-state index contributed by atoms with van der Waals surface area (Å²) in [6.07, 6.45) is 48.6. The van der Waals surface area contributed by atoms with Gasteiger partial charge >= 0.3 is 0 Å². The Kier molecular flexibility index (Phi) is 39.3. The second-order valence-corrected chi connectivity index (χ2v) is 16.8. The smallest absolute Gasteiger partial charge is 0.111 e. The summed E-state index contributed by atoms with van der Waals surface area (Å²) in [5.41, 5.74) is -2.56. The molecule has 0 aromatic rings. The van der Waals surface area contributed by atoms with Crippen LogP contribution in [0.15, 0.2) is 0 Å². The minimum absolute atomic E-state index is 0.0100. The Morgan fingerprint density at radius 3 is 0.647 bits per heavy atom. The topological polar surface area (TPSA) is 90.2 Å². The minimum Gasteiger partial charge on any atom is -0.393 e. The molecule has 0 spiro atoms. The fraction of sp³-hybridized carbons (Fsp3) is 1.00. The lowest BCUT2D eigenvalue weighted by atomic mass is 9.95. The molecule has 0 saturated heterocycles. The second kappa shape index (κ2) is 39.5. The van der Waals surface area contributed by atoms with Crippen molar-refractivity contribution in [3.05, 3.63) is 0 Å². The maximum absolute atomic E-state index is 10.8. The van der Waals surface area contributed by atoms with Crippen LogP contribution in [0.4, 0.5) is 0 Å². The first-order valence-corrected chi connectivity index (χ1v) is 23.2. The monoisotopic (exact) mass is 727 g/mol. The third kappa shape index (κ3) is 36.5. The molecule has 0 heterocycles. The molecule has 2 unspecified atom stereocenters. The van der Waals surface area contributed by atoms with E-state index in [4.69, 9.17) is 4.74 Å². The van der Waals surface area contributed by atoms with Crippen LogP contribution in [0, 0.1) is 0 Å². The number of aliphatic hydroxyl groups excluding tert-OH is 2. The van der Waals surface area contributed by atoms with Gasteiger partial charge in [-0.1, -0.05) is 245 Å². The highest BCUT2D eigenvalue weighted by Crippen LogP contribution is 2.22. The van der Waals surface area contributed by atoms with Gasteiger partial charge in [-0.3, -0.25) is 0 Å². The predicted octanol–water partition coefficient (Wildman–Crippen LogP) is 13.3. The van der Waals surface area contributed by atoms with Crippen LogP contribution in [0.25, 0.3) is 0 Å². The normalized spacial score (nSPS) is 14.2. The lowest BCUT2D eigenvalue weighted by Gasteiger charge is -2.30. The van der Waals surface area contributed by atoms with Gasteiger partial charge in [0.1, 0.15) is 11.2 Å². The molecule has 0 bridgehead atoms. The molecule has 0 aliphatic carbocycles. The molecular formula is C46H94O5. The molecule has 2 atom stereocenters. The second-order valence-electron chi connectivity index (χ2n) is 16.8. The Morgan fingerprint density at radius 1 is 0.294 bits per heavy atom. The van der Waals surface area contributed by atoms with Crippen LogP contribution in [-0.2, 0) is 4.74 Å². The van der Waals surface area contributed by atoms with Crippen LogP contribution in [0.5, 0.6) is 0 Å². The van der Waals surface area contributed by atoms with E-state index in [2.05, 4.69) is 13.8 Å². The standard InChI is InChI=1S/C46H94O5/c1-3-5-7-9-11-13-15-17-19-21-23-25-27-29-31-33-35-37-39-45(49,41-47)43-51-44-46(50,42-48)40-38-36-34-32-30-28-26-24-22-20-18-16-14-12-10-8-6-4-2/h47-50H,3-44H2,1-2H3. The first-order chi connectivity index (χ1) is 24.9. The average Bonchev–Trinajstić information content (AvgIpc) is 3.13. The first kappa shape index (κ1) is 50.8. The predicted molar refractivity (Wildman–Crippen MR) is 222 cm³/mol. The molecule has 308 valence electrons. The molecule has 0 aromatic carbocycles. The Morgan fingerprint density at radius 2 is 0.471 bits per heavy atom. The molecule has 0 aromatic heterocycles. The van der Waals surface area contributed by atoms with Crippen molar-refractivity contribution in [2.75, 3.05) is 26.4 Å². The van der Waals surface area contributed by atoms with Crippen molar-refractivity contribution in [1.82, 2.24) is 0 Å². The van der Waals surface area contributed by atoms with E-state index in [0.717, 1.165) is 25.7 Å². The highest BCUT2D eigenvalue weighted by atomic mass is 16.5. The van der Waals surface area contributed by atoms with Gasteiger partial charge in [0.2, 0.25) is 0 Å². The number of ether oxygens (including phenoxy) is 1. The van der Waals surface area contributed by atoms with Crippen molar-refractivity contribution < 1.29 is 25.2 Å². The minimum atomic E-state index is -1.28. The van der Waals surface area contributed by atoms with E-state index >= 15 is 0 Å². The molecule has 0 aliphatic rings. The van der Waals surface area contributed by atoms with Gasteiger partial charge in [0.05, 0.1) is 26.4 Å². The summed E-state index contributed by atoms with van der Waals surface area (Å²) in [6.45, 7) is 3.86. The number of unbranched alkanes of at least 4 members (excludes halogenated alkanes) is 34. The van der Waals surface area contributed by atoms with E-state index in [0.29, 0.717) is 12.8 Å². The average molecular weight is 727 g/mol. The summed E-state index contributed by atoms with van der Waals surface area (Å²) in [5, 5.41) is 41.4. The zero-order valence-electron chi connectivity index (χ0n) is 34.9. The van der Waals surface area contributed by atoms with E-state index in [1.807, 2.05) is 0 Å². The summed E-state index contributed by atoms with van der Waals surface area (Å²) >= 11 is 0. The van der Waals surface area contributed by atoms with Crippen molar-refractivity contribution in [1.29, 1.82) is 0 Å². The Bertz CT molecular complexity index is 606. The fourth-order valence-corrected chi connectivity index (χ4v) is 7.54. The van der Waals surface area contributed by atoms with Crippen LogP contribution >= 0.6 is 0 Å². The van der Waals surface area contributed by atoms with E-state index in [-0.39, 0.29) is 26.4 Å². The van der Waals surface area contributed by atoms with Gasteiger partial charge in [0, 0.05) is 0 Å². The molecule has 51 heavy (non-hydrogen) atoms. The molecule has 0 amide bonds. The fourth-order valence-electron chi connectivity index (χ4n) is 7.54. The summed E-state index contributed by atoms with van der Waals surface area (Å²) in [6, 6.07) is 0. The largest absolute Gasteiger partial charge is 0.393 e. The van der Waals surface area contributed by atoms with Crippen LogP contribution in [-0.4, -0.2) is 58.1 Å². The van der Waals surface area contributed by atoms with Gasteiger partial charge < -0.3 is 25.2 Å². The van der Waals surface area contributed by atoms with Crippen LogP contribution in [0.1, 0.15) is 258 Å². The number of hydrogen-bond acceptors (Lipinski definition) is 5. The van der Waals surface area contributed by atoms with Gasteiger partial charge in [0.25, 0.3) is 0 Å². The molecule has 0 radical (unpaired) electrons. The lowest BCUT2D eigenvalue weighted by molar-refractivity contribution is -0.129. The van der Waals surface area contributed by atoms with E-state index < -0.39 is 11.2 Å². The number of aliphatic hydroxyl groups is 4. The molecule has 0 fully saturated rings. The van der Waals surface area contributed by atoms with E-state index in [1.54, 1.807) is 0 Å². The maximum atomic E-state index is 10.8. The molecule has 5 heteroatoms. The zero-order chi connectivity index (χ0) is 37.4. The summed E-state index contributed by atoms with van der Waals surface area (Å²) in [5.74, 6) is 0. The Hall–Kier alpha value is -0.200. The van der Waals surface area contributed by atoms with Crippen molar-refractivity contribution in [2.24, 2.45) is 0 Å². The van der Waals surface area contributed by atoms with Gasteiger partial charge in [-0.05, 0) is 12.8 Å². The van der Waals surface area contributed by atoms with Gasteiger partial charge in [-0.25, -0.2) is 0 Å². The highest BCUT2D eigenvalue weighted by molar-refractivity contribution is 4.81. The van der Waals surface area contributed by atoms with Crippen molar-refractivity contribution in [3.63, 3.8) is 0 Å². The SMILES string of the molecule is CCCCCCCCCCCCCCCCCCCCC(O)(CO)COCC(O)(CO)CCCCCCCCCCCCCCCCCCCC. The quantitative estimate of drug-likeness (QED) is 0.0469. The third-order valence-electron chi connectivity index (χ3n) is 11.3. The van der Waals surface area contributed by atoms with Gasteiger partial charge in [-0.15, -0.1) is 0 Å². The van der Waals surface area contributed by atoms with Crippen molar-refractivity contribution in [3.8, 4) is 0 Å². The third-order valence-corrected chi connectivity index (χ3v) is 11.3. The van der Waals surface area contributed by atoms with Crippen molar-refractivity contribution in [2.45, 2.75) is 269 Å². The van der Waals surface area contributed by atoms with Crippen LogP contribution in [0.2, 0.25) is 0 Å². The highest BCUT2D eigenvalue weighted by Gasteiger charge is 2.30. The maximum Gasteiger partial charge on any atom is 0.111 e. The molecular weight excluding hydrogens is 633 g/mol. The summed E-state index contributed by atoms with van der Waals surface area (Å²) < 4.78 is 5.70. The van der Waals surface area contributed by atoms with Crippen LogP contribution in [0.3, 0.4) is 0 Å². The molecule has 0 aliphatic heterocycles. The van der Waals surface area contributed by atoms with Crippen LogP contribution < -0.4 is 0 Å². The first-order valence-electron chi connectivity index (χ1n) is 23.2. The van der Waals surface area contributed by atoms with E-state index in [1.165, 1.54) is 205 Å². The number of rotatable bonds is 44. The summed E-state index contributed by atoms with van der Waals surface area (Å²) in [4.78, 5) is 0.